The van der Waals surface area contributed by atoms with Gasteiger partial charge in [0.05, 0.1) is 26.4 Å². The molecule has 5 unspecified atom stereocenters. The van der Waals surface area contributed by atoms with E-state index in [0.717, 1.165) is 167 Å². The lowest BCUT2D eigenvalue weighted by atomic mass is 10.0. The first-order valence-corrected chi connectivity index (χ1v) is 49.4. The van der Waals surface area contributed by atoms with Gasteiger partial charge in [-0.1, -0.05) is 371 Å². The average molecular weight is 1680 g/mol. The van der Waals surface area contributed by atoms with Crippen molar-refractivity contribution in [2.75, 3.05) is 39.6 Å². The lowest BCUT2D eigenvalue weighted by Crippen LogP contribution is -2.30. The van der Waals surface area contributed by atoms with Crippen molar-refractivity contribution in [3.8, 4) is 0 Å². The Morgan fingerprint density at radius 2 is 0.453 bits per heavy atom. The van der Waals surface area contributed by atoms with Gasteiger partial charge in [-0.15, -0.1) is 0 Å². The summed E-state index contributed by atoms with van der Waals surface area (Å²) in [5.41, 5.74) is 0. The Balaban J connectivity index is 4.56. The van der Waals surface area contributed by atoms with Crippen LogP contribution in [0.15, 0.2) is 170 Å². The lowest BCUT2D eigenvalue weighted by molar-refractivity contribution is -0.161. The molecule has 0 heterocycles. The van der Waals surface area contributed by atoms with Gasteiger partial charge >= 0.3 is 33.6 Å². The fraction of sp³-hybridized carbons (Fsp3) is 0.687. The van der Waals surface area contributed by atoms with E-state index in [4.69, 9.17) is 32.3 Å². The van der Waals surface area contributed by atoms with Crippen LogP contribution in [0.3, 0.4) is 0 Å². The molecule has 0 amide bonds. The zero-order chi connectivity index (χ0) is 85.1. The second-order valence-corrected chi connectivity index (χ2v) is 33.6. The smallest absolute Gasteiger partial charge is 0.463 e. The summed E-state index contributed by atoms with van der Waals surface area (Å²) in [7, 11) is -9.82. The molecule has 0 aromatic rings. The molecule has 18 heteroatoms. The third kappa shape index (κ3) is 91.5. The summed E-state index contributed by atoms with van der Waals surface area (Å²) in [6, 6.07) is 0. The van der Waals surface area contributed by atoms with Gasteiger partial charge in [-0.2, -0.15) is 0 Å². The van der Waals surface area contributed by atoms with E-state index < -0.39 is 91.5 Å². The number of aliphatic hydroxyl groups excluding tert-OH is 2. The first-order valence-electron chi connectivity index (χ1n) is 46.4. The maximum absolute atomic E-state index is 13.1. The summed E-state index contributed by atoms with van der Waals surface area (Å²) < 4.78 is 61.5. The minimum atomic E-state index is -4.95. The Bertz CT molecular complexity index is 2810. The van der Waals surface area contributed by atoms with Crippen LogP contribution in [0.2, 0.25) is 0 Å². The van der Waals surface area contributed by atoms with Crippen LogP contribution in [0.25, 0.3) is 0 Å². The molecule has 16 nitrogen and oxygen atoms in total. The van der Waals surface area contributed by atoms with Crippen LogP contribution in [0.1, 0.15) is 380 Å². The van der Waals surface area contributed by atoms with Crippen LogP contribution in [0, 0.1) is 0 Å². The second kappa shape index (κ2) is 90.2. The predicted molar refractivity (Wildman–Crippen MR) is 491 cm³/mol. The van der Waals surface area contributed by atoms with Crippen LogP contribution in [0.4, 0.5) is 0 Å². The summed E-state index contributed by atoms with van der Waals surface area (Å²) in [5.74, 6) is -1.60. The lowest BCUT2D eigenvalue weighted by Gasteiger charge is -2.21. The highest BCUT2D eigenvalue weighted by atomic mass is 31.2. The molecule has 0 aliphatic heterocycles. The van der Waals surface area contributed by atoms with E-state index in [1.165, 1.54) is 154 Å². The molecule has 0 aliphatic carbocycles. The van der Waals surface area contributed by atoms with Crippen molar-refractivity contribution in [3.05, 3.63) is 170 Å². The number of phosphoric ester groups is 2. The van der Waals surface area contributed by atoms with Crippen LogP contribution in [0.5, 0.6) is 0 Å². The Kier molecular flexibility index (Phi) is 86.2. The molecule has 0 fully saturated rings. The molecular formula is C99H168O16P2. The quantitative estimate of drug-likeness (QED) is 0.0146. The van der Waals surface area contributed by atoms with Gasteiger partial charge < -0.3 is 34.2 Å². The molecule has 0 spiro atoms. The zero-order valence-electron chi connectivity index (χ0n) is 73.8. The number of esters is 3. The molecule has 670 valence electrons. The Hall–Kier alpha value is -5.09. The minimum absolute atomic E-state index is 0.0783. The highest BCUT2D eigenvalue weighted by Crippen LogP contribution is 2.45. The van der Waals surface area contributed by atoms with E-state index in [9.17, 15) is 43.5 Å². The molecule has 0 bridgehead atoms. The van der Waals surface area contributed by atoms with Crippen LogP contribution in [-0.2, 0) is 55.8 Å². The molecule has 5 atom stereocenters. The molecule has 0 radical (unpaired) electrons. The van der Waals surface area contributed by atoms with Gasteiger partial charge in [0.1, 0.15) is 25.4 Å². The van der Waals surface area contributed by atoms with E-state index >= 15 is 0 Å². The van der Waals surface area contributed by atoms with Crippen molar-refractivity contribution in [2.24, 2.45) is 0 Å². The van der Waals surface area contributed by atoms with Gasteiger partial charge in [0.15, 0.2) is 6.10 Å². The summed E-state index contributed by atoms with van der Waals surface area (Å²) in [5, 5.41) is 20.7. The second-order valence-electron chi connectivity index (χ2n) is 30.7. The Morgan fingerprint density at radius 1 is 0.248 bits per heavy atom. The van der Waals surface area contributed by atoms with Gasteiger partial charge in [-0.05, 0) is 161 Å². The van der Waals surface area contributed by atoms with E-state index in [-0.39, 0.29) is 19.3 Å². The van der Waals surface area contributed by atoms with Crippen molar-refractivity contribution < 1.29 is 75.8 Å². The monoisotopic (exact) mass is 1680 g/mol. The molecular weight excluding hydrogens is 1510 g/mol. The van der Waals surface area contributed by atoms with Crippen molar-refractivity contribution >= 4 is 33.6 Å². The first kappa shape index (κ1) is 112. The van der Waals surface area contributed by atoms with Crippen molar-refractivity contribution in [2.45, 2.75) is 399 Å². The number of phosphoric acid groups is 2. The number of rotatable bonds is 87. The SMILES string of the molecule is CC/C=C\C/C=C\C/C=C\C/C=C\C/C=C\C/C=C\CCCCCCCCCCCCCCCCCCC(=O)OCC(O)COP(=O)(O)OCC(O)COP(=O)(O)OCC(COC(=O)CCCCCCCCCCC/C=C\C/C=C\C/C=C\C/C=C\CCCCC)OC(=O)CCCCCCC/C=C\C/C=C\C/C=C\C/C=C\CCCCC. The number of carbonyl (C=O) groups excluding carboxylic acids is 3. The minimum Gasteiger partial charge on any atom is -0.463 e. The van der Waals surface area contributed by atoms with Gasteiger partial charge in [0.2, 0.25) is 0 Å². The number of hydrogen-bond acceptors (Lipinski definition) is 14. The standard InChI is InChI=1S/C99H168O16P2/c1-4-7-10-13-16-19-22-25-28-31-34-37-39-41-42-43-44-45-46-47-48-49-50-52-54-56-58-61-64-67-70-73-76-79-82-85-97(102)109-88-94(100)89-111-116(105,106)112-90-95(101)91-113-117(107,108)114-93-96(115-99(104)87-84-81-78-75-72-69-66-63-60-55-36-33-30-27-24-21-18-15-12-9-6-3)92-110-98(103)86-83-80-77-74-71-68-65-62-59-57-53-51-40-38-35-32-29-26-23-20-17-14-11-8-5-2/h7,10,16-21,25-30,34-38,41-42,44-45,51,53,55,63,66,94-96,100-101H,4-6,8-9,11-15,22-24,31-33,39-40,43,46-50,52,54,56-62,64-65,67-93H2,1-3H3,(H,105,106)(H,107,108)/b10-7-,19-16-,20-17-,21-18-,28-25-,29-26-,30-27-,37-34-,38-35-,42-41-,45-44-,53-51-,55-36-,66-63-. The molecule has 0 saturated carbocycles. The Labute approximate surface area is 713 Å². The summed E-state index contributed by atoms with van der Waals surface area (Å²) in [6.07, 6.45) is 117. The van der Waals surface area contributed by atoms with E-state index in [1.54, 1.807) is 0 Å². The molecule has 4 N–H and O–H groups in total. The zero-order valence-corrected chi connectivity index (χ0v) is 75.6. The van der Waals surface area contributed by atoms with Crippen LogP contribution >= 0.6 is 15.6 Å². The van der Waals surface area contributed by atoms with Crippen LogP contribution in [-0.4, -0.2) is 95.9 Å². The molecule has 117 heavy (non-hydrogen) atoms. The number of carbonyl (C=O) groups is 3. The highest BCUT2D eigenvalue weighted by molar-refractivity contribution is 7.47. The molecule has 0 aromatic heterocycles. The van der Waals surface area contributed by atoms with Crippen molar-refractivity contribution in [1.82, 2.24) is 0 Å². The third-order valence-corrected chi connectivity index (χ3v) is 21.3. The first-order chi connectivity index (χ1) is 57.2. The fourth-order valence-corrected chi connectivity index (χ4v) is 14.0. The maximum Gasteiger partial charge on any atom is 0.472 e. The summed E-state index contributed by atoms with van der Waals surface area (Å²) in [6.45, 7) is 2.52. The third-order valence-electron chi connectivity index (χ3n) is 19.4. The number of allylic oxidation sites excluding steroid dienone is 28. The molecule has 0 aromatic carbocycles. The Morgan fingerprint density at radius 3 is 0.718 bits per heavy atom. The predicted octanol–water partition coefficient (Wildman–Crippen LogP) is 28.7. The van der Waals surface area contributed by atoms with Crippen LogP contribution < -0.4 is 0 Å². The number of hydrogen-bond donors (Lipinski definition) is 4. The summed E-state index contributed by atoms with van der Waals surface area (Å²) in [4.78, 5) is 59.0. The number of ether oxygens (including phenoxy) is 3. The van der Waals surface area contributed by atoms with E-state index in [1.807, 2.05) is 0 Å². The van der Waals surface area contributed by atoms with Gasteiger partial charge in [-0.25, -0.2) is 9.13 Å². The molecule has 0 aliphatic rings. The maximum atomic E-state index is 13.1. The van der Waals surface area contributed by atoms with Gasteiger partial charge in [0.25, 0.3) is 0 Å². The topological polar surface area (TPSA) is 231 Å². The van der Waals surface area contributed by atoms with Gasteiger partial charge in [-0.3, -0.25) is 32.5 Å². The molecule has 0 saturated heterocycles. The number of aliphatic hydroxyl groups is 2. The normalized spacial score (nSPS) is 14.6. The average Bonchev–Trinajstić information content (AvgIpc) is 0.900. The highest BCUT2D eigenvalue weighted by Gasteiger charge is 2.29. The summed E-state index contributed by atoms with van der Waals surface area (Å²) >= 11 is 0. The van der Waals surface area contributed by atoms with E-state index in [2.05, 4.69) is 191 Å². The fourth-order valence-electron chi connectivity index (χ4n) is 12.4. The largest absolute Gasteiger partial charge is 0.472 e. The van der Waals surface area contributed by atoms with Crippen molar-refractivity contribution in [3.63, 3.8) is 0 Å². The molecule has 0 rings (SSSR count). The van der Waals surface area contributed by atoms with E-state index in [0.29, 0.717) is 19.3 Å². The number of unbranched alkanes of at least 4 members (excludes halogenated alkanes) is 36. The van der Waals surface area contributed by atoms with Crippen molar-refractivity contribution in [1.29, 1.82) is 0 Å². The van der Waals surface area contributed by atoms with Gasteiger partial charge in [0, 0.05) is 19.3 Å².